The van der Waals surface area contributed by atoms with E-state index in [1.54, 1.807) is 12.5 Å². The van der Waals surface area contributed by atoms with E-state index in [0.29, 0.717) is 25.6 Å². The molecule has 144 valence electrons. The predicted octanol–water partition coefficient (Wildman–Crippen LogP) is 3.51. The van der Waals surface area contributed by atoms with Gasteiger partial charge in [-0.25, -0.2) is 15.0 Å². The van der Waals surface area contributed by atoms with E-state index in [4.69, 9.17) is 9.47 Å². The first-order valence-corrected chi connectivity index (χ1v) is 9.51. The molecule has 0 spiro atoms. The Bertz CT molecular complexity index is 1160. The minimum atomic E-state index is 0.537. The van der Waals surface area contributed by atoms with Crippen LogP contribution in [0, 0.1) is 0 Å². The quantitative estimate of drug-likeness (QED) is 0.563. The van der Waals surface area contributed by atoms with Crippen molar-refractivity contribution in [1.82, 2.24) is 19.9 Å². The first kappa shape index (κ1) is 17.4. The molecule has 4 aromatic rings. The van der Waals surface area contributed by atoms with Crippen molar-refractivity contribution in [2.75, 3.05) is 25.1 Å². The summed E-state index contributed by atoms with van der Waals surface area (Å²) in [4.78, 5) is 17.5. The first-order chi connectivity index (χ1) is 14.4. The molecule has 0 amide bonds. The predicted molar refractivity (Wildman–Crippen MR) is 110 cm³/mol. The van der Waals surface area contributed by atoms with Crippen LogP contribution in [0.25, 0.3) is 22.2 Å². The fraction of sp³-hybridized carbons (Fsp3) is 0.182. The highest BCUT2D eigenvalue weighted by molar-refractivity contribution is 5.82. The molecule has 7 nitrogen and oxygen atoms in total. The molecule has 0 bridgehead atoms. The Morgan fingerprint density at radius 2 is 1.86 bits per heavy atom. The zero-order chi connectivity index (χ0) is 19.5. The van der Waals surface area contributed by atoms with Crippen molar-refractivity contribution >= 4 is 16.7 Å². The highest BCUT2D eigenvalue weighted by Gasteiger charge is 2.16. The van der Waals surface area contributed by atoms with E-state index in [1.165, 1.54) is 0 Å². The molecule has 0 fully saturated rings. The summed E-state index contributed by atoms with van der Waals surface area (Å²) in [6.45, 7) is 1.79. The summed E-state index contributed by atoms with van der Waals surface area (Å²) >= 11 is 0. The van der Waals surface area contributed by atoms with Crippen molar-refractivity contribution < 1.29 is 9.47 Å². The second-order valence-electron chi connectivity index (χ2n) is 6.68. The van der Waals surface area contributed by atoms with Gasteiger partial charge < -0.3 is 14.8 Å². The van der Waals surface area contributed by atoms with Gasteiger partial charge in [0.05, 0.1) is 11.2 Å². The second-order valence-corrected chi connectivity index (χ2v) is 6.68. The lowest BCUT2D eigenvalue weighted by Crippen LogP contribution is -2.18. The Kier molecular flexibility index (Phi) is 4.62. The summed E-state index contributed by atoms with van der Waals surface area (Å²) in [6, 6.07) is 14.0. The van der Waals surface area contributed by atoms with E-state index in [-0.39, 0.29) is 0 Å². The number of nitrogens with zero attached hydrogens (tertiary/aromatic N) is 4. The van der Waals surface area contributed by atoms with E-state index in [9.17, 15) is 0 Å². The third-order valence-electron chi connectivity index (χ3n) is 4.78. The van der Waals surface area contributed by atoms with Crippen LogP contribution in [-0.2, 0) is 6.42 Å². The molecule has 1 aromatic carbocycles. The third-order valence-corrected chi connectivity index (χ3v) is 4.78. The lowest BCUT2D eigenvalue weighted by molar-refractivity contribution is 0.163. The van der Waals surface area contributed by atoms with Crippen LogP contribution in [0.15, 0.2) is 61.2 Å². The Balaban J connectivity index is 1.30. The number of benzene rings is 1. The monoisotopic (exact) mass is 385 g/mol. The summed E-state index contributed by atoms with van der Waals surface area (Å²) in [5.74, 6) is 2.08. The van der Waals surface area contributed by atoms with Gasteiger partial charge in [-0.05, 0) is 24.6 Å². The van der Waals surface area contributed by atoms with Crippen molar-refractivity contribution in [2.45, 2.75) is 6.42 Å². The molecule has 0 unspecified atom stereocenters. The molecule has 7 heteroatoms. The maximum Gasteiger partial charge on any atom is 0.257 e. The minimum Gasteiger partial charge on any atom is -0.484 e. The normalized spacial score (nSPS) is 12.7. The number of ether oxygens (including phenoxy) is 2. The molecule has 0 saturated carbocycles. The van der Waals surface area contributed by atoms with Crippen LogP contribution < -0.4 is 14.8 Å². The number of rotatable bonds is 5. The average Bonchev–Trinajstić information content (AvgIpc) is 2.79. The topological polar surface area (TPSA) is 82.1 Å². The molecule has 3 aromatic heterocycles. The molecule has 0 saturated heterocycles. The van der Waals surface area contributed by atoms with Gasteiger partial charge in [0.2, 0.25) is 0 Å². The van der Waals surface area contributed by atoms with E-state index in [1.807, 2.05) is 42.6 Å². The van der Waals surface area contributed by atoms with Crippen molar-refractivity contribution in [1.29, 1.82) is 0 Å². The number of hydrogen-bond acceptors (Lipinski definition) is 7. The number of fused-ring (bicyclic) bond motifs is 2. The van der Waals surface area contributed by atoms with Crippen molar-refractivity contribution in [3.8, 4) is 22.9 Å². The first-order valence-electron chi connectivity index (χ1n) is 9.51. The number of aromatic nitrogens is 4. The number of anilines is 1. The molecule has 29 heavy (non-hydrogen) atoms. The number of pyridine rings is 2. The molecular formula is C22H19N5O2. The van der Waals surface area contributed by atoms with Gasteiger partial charge in [-0.1, -0.05) is 18.2 Å². The summed E-state index contributed by atoms with van der Waals surface area (Å²) < 4.78 is 11.3. The molecule has 1 aliphatic rings. The van der Waals surface area contributed by atoms with Crippen LogP contribution in [-0.4, -0.2) is 39.7 Å². The minimum absolute atomic E-state index is 0.537. The zero-order valence-corrected chi connectivity index (χ0v) is 15.7. The number of hydrogen-bond donors (Lipinski definition) is 1. The summed E-state index contributed by atoms with van der Waals surface area (Å²) in [6.07, 6.45) is 5.93. The van der Waals surface area contributed by atoms with Gasteiger partial charge in [-0.15, -0.1) is 0 Å². The van der Waals surface area contributed by atoms with Gasteiger partial charge in [-0.3, -0.25) is 4.98 Å². The van der Waals surface area contributed by atoms with Gasteiger partial charge >= 0.3 is 0 Å². The number of nitrogens with one attached hydrogen (secondary N) is 1. The van der Waals surface area contributed by atoms with E-state index >= 15 is 0 Å². The SMILES string of the molecule is c1ccc2ncc(-c3cc(NCCc4ccnc5c4OCCO5)ncn3)cc2c1. The molecule has 0 radical (unpaired) electrons. The van der Waals surface area contributed by atoms with Gasteiger partial charge in [0.25, 0.3) is 5.88 Å². The Morgan fingerprint density at radius 3 is 2.86 bits per heavy atom. The van der Waals surface area contributed by atoms with Crippen molar-refractivity contribution in [2.24, 2.45) is 0 Å². The highest BCUT2D eigenvalue weighted by atomic mass is 16.6. The van der Waals surface area contributed by atoms with Gasteiger partial charge in [0.15, 0.2) is 5.75 Å². The van der Waals surface area contributed by atoms with Gasteiger partial charge in [0, 0.05) is 41.5 Å². The Morgan fingerprint density at radius 1 is 0.931 bits per heavy atom. The van der Waals surface area contributed by atoms with E-state index in [0.717, 1.165) is 45.7 Å². The average molecular weight is 385 g/mol. The van der Waals surface area contributed by atoms with Crippen LogP contribution in [0.2, 0.25) is 0 Å². The standard InChI is InChI=1S/C22H19N5O2/c1-2-4-18-16(3-1)11-17(13-25-18)19-12-20(27-14-26-19)23-7-5-15-6-8-24-22-21(15)28-9-10-29-22/h1-4,6,8,11-14H,5,7,9-10H2,(H,23,26,27). The molecule has 0 aliphatic carbocycles. The molecule has 5 rings (SSSR count). The van der Waals surface area contributed by atoms with Crippen molar-refractivity contribution in [3.05, 3.63) is 66.7 Å². The lowest BCUT2D eigenvalue weighted by Gasteiger charge is -2.19. The lowest BCUT2D eigenvalue weighted by atomic mass is 10.1. The van der Waals surface area contributed by atoms with Crippen LogP contribution in [0.4, 0.5) is 5.82 Å². The third kappa shape index (κ3) is 3.67. The summed E-state index contributed by atoms with van der Waals surface area (Å²) in [5.41, 5.74) is 3.83. The fourth-order valence-corrected chi connectivity index (χ4v) is 3.35. The van der Waals surface area contributed by atoms with Crippen LogP contribution in [0.3, 0.4) is 0 Å². The highest BCUT2D eigenvalue weighted by Crippen LogP contribution is 2.31. The summed E-state index contributed by atoms with van der Waals surface area (Å²) in [7, 11) is 0. The number of para-hydroxylation sites is 1. The zero-order valence-electron chi connectivity index (χ0n) is 15.7. The Labute approximate surface area is 167 Å². The van der Waals surface area contributed by atoms with E-state index in [2.05, 4.69) is 31.3 Å². The molecular weight excluding hydrogens is 366 g/mol. The summed E-state index contributed by atoms with van der Waals surface area (Å²) in [5, 5.41) is 4.44. The van der Waals surface area contributed by atoms with E-state index < -0.39 is 0 Å². The van der Waals surface area contributed by atoms with Crippen molar-refractivity contribution in [3.63, 3.8) is 0 Å². The fourth-order valence-electron chi connectivity index (χ4n) is 3.35. The smallest absolute Gasteiger partial charge is 0.257 e. The molecule has 0 atom stereocenters. The molecule has 4 heterocycles. The second kappa shape index (κ2) is 7.71. The maximum atomic E-state index is 5.72. The van der Waals surface area contributed by atoms with Gasteiger partial charge in [-0.2, -0.15) is 0 Å². The van der Waals surface area contributed by atoms with Crippen LogP contribution in [0.5, 0.6) is 11.6 Å². The largest absolute Gasteiger partial charge is 0.484 e. The Hall–Kier alpha value is -3.74. The molecule has 1 aliphatic heterocycles. The maximum absolute atomic E-state index is 5.72. The molecule has 1 N–H and O–H groups in total. The van der Waals surface area contributed by atoms with Gasteiger partial charge in [0.1, 0.15) is 25.4 Å². The van der Waals surface area contributed by atoms with Crippen LogP contribution >= 0.6 is 0 Å². The van der Waals surface area contributed by atoms with Crippen LogP contribution in [0.1, 0.15) is 5.56 Å².